The molecule has 10 heteroatoms. The molecule has 0 radical (unpaired) electrons. The highest BCUT2D eigenvalue weighted by Gasteiger charge is 2.55. The van der Waals surface area contributed by atoms with E-state index in [9.17, 15) is 19.2 Å². The van der Waals surface area contributed by atoms with Crippen LogP contribution >= 0.6 is 0 Å². The molecular weight excluding hydrogens is 364 g/mol. The molecule has 154 valence electrons. The molecule has 1 fully saturated rings. The van der Waals surface area contributed by atoms with Crippen molar-refractivity contribution in [2.75, 3.05) is 7.11 Å². The zero-order valence-electron chi connectivity index (χ0n) is 16.3. The average molecular weight is 390 g/mol. The van der Waals surface area contributed by atoms with Crippen molar-refractivity contribution in [2.45, 2.75) is 77.8 Å². The lowest BCUT2D eigenvalue weighted by atomic mass is 9.97. The fourth-order valence-electron chi connectivity index (χ4n) is 2.51. The van der Waals surface area contributed by atoms with Gasteiger partial charge in [-0.15, -0.1) is 0 Å². The predicted molar refractivity (Wildman–Crippen MR) is 88.2 cm³/mol. The van der Waals surface area contributed by atoms with E-state index in [1.807, 2.05) is 6.92 Å². The molecule has 0 amide bonds. The third kappa shape index (κ3) is 6.47. The van der Waals surface area contributed by atoms with Gasteiger partial charge in [0.2, 0.25) is 0 Å². The lowest BCUT2D eigenvalue weighted by Crippen LogP contribution is -2.64. The Labute approximate surface area is 157 Å². The number of methoxy groups -OCH3 is 1. The van der Waals surface area contributed by atoms with E-state index in [1.165, 1.54) is 0 Å². The fourth-order valence-corrected chi connectivity index (χ4v) is 2.51. The van der Waals surface area contributed by atoms with E-state index < -0.39 is 54.6 Å². The number of carbonyl (C=O) groups excluding carboxylic acids is 4. The van der Waals surface area contributed by atoms with Crippen molar-refractivity contribution >= 4 is 23.9 Å². The Morgan fingerprint density at radius 1 is 0.889 bits per heavy atom. The first-order chi connectivity index (χ1) is 12.6. The van der Waals surface area contributed by atoms with Crippen LogP contribution in [0.5, 0.6) is 0 Å². The van der Waals surface area contributed by atoms with Crippen LogP contribution in [0.3, 0.4) is 0 Å². The van der Waals surface area contributed by atoms with Gasteiger partial charge in [-0.2, -0.15) is 0 Å². The summed E-state index contributed by atoms with van der Waals surface area (Å²) in [4.78, 5) is 46.9. The quantitative estimate of drug-likeness (QED) is 0.448. The van der Waals surface area contributed by atoms with Gasteiger partial charge in [0.05, 0.1) is 13.2 Å². The van der Waals surface area contributed by atoms with Gasteiger partial charge in [0.15, 0.2) is 30.7 Å². The van der Waals surface area contributed by atoms with Crippen LogP contribution in [-0.4, -0.2) is 67.8 Å². The number of ether oxygens (including phenoxy) is 6. The highest BCUT2D eigenvalue weighted by molar-refractivity contribution is 5.77. The molecule has 10 nitrogen and oxygen atoms in total. The van der Waals surface area contributed by atoms with E-state index in [0.717, 1.165) is 27.9 Å². The second-order valence-corrected chi connectivity index (χ2v) is 6.03. The van der Waals surface area contributed by atoms with E-state index >= 15 is 0 Å². The SMILES string of the molecule is CC[C@@H](C)OC1OC(C(=O)OC)C(OC(C)=O)C(OC(C)=O)C1OC(C)=O. The Bertz CT molecular complexity index is 560. The van der Waals surface area contributed by atoms with Gasteiger partial charge in [0, 0.05) is 20.8 Å². The van der Waals surface area contributed by atoms with E-state index in [-0.39, 0.29) is 6.10 Å². The summed E-state index contributed by atoms with van der Waals surface area (Å²) in [5.74, 6) is -3.05. The third-order valence-electron chi connectivity index (χ3n) is 3.78. The lowest BCUT2D eigenvalue weighted by Gasteiger charge is -2.43. The minimum Gasteiger partial charge on any atom is -0.467 e. The van der Waals surface area contributed by atoms with Crippen LogP contribution in [0.4, 0.5) is 0 Å². The van der Waals surface area contributed by atoms with E-state index in [4.69, 9.17) is 28.4 Å². The molecule has 0 aromatic heterocycles. The summed E-state index contributed by atoms with van der Waals surface area (Å²) in [5.41, 5.74) is 0. The van der Waals surface area contributed by atoms with E-state index in [2.05, 4.69) is 0 Å². The lowest BCUT2D eigenvalue weighted by molar-refractivity contribution is -0.309. The van der Waals surface area contributed by atoms with Gasteiger partial charge in [-0.05, 0) is 13.3 Å². The highest BCUT2D eigenvalue weighted by atomic mass is 16.7. The monoisotopic (exact) mass is 390 g/mol. The number of hydrogen-bond donors (Lipinski definition) is 0. The molecule has 5 unspecified atom stereocenters. The van der Waals surface area contributed by atoms with Crippen LogP contribution < -0.4 is 0 Å². The molecule has 27 heavy (non-hydrogen) atoms. The van der Waals surface area contributed by atoms with Crippen molar-refractivity contribution < 1.29 is 47.6 Å². The maximum Gasteiger partial charge on any atom is 0.339 e. The Morgan fingerprint density at radius 3 is 1.81 bits per heavy atom. The minimum atomic E-state index is -1.44. The molecule has 1 aliphatic heterocycles. The second kappa shape index (κ2) is 10.2. The highest BCUT2D eigenvalue weighted by Crippen LogP contribution is 2.31. The summed E-state index contributed by atoms with van der Waals surface area (Å²) >= 11 is 0. The summed E-state index contributed by atoms with van der Waals surface area (Å²) in [6, 6.07) is 0. The fraction of sp³-hybridized carbons (Fsp3) is 0.765. The maximum atomic E-state index is 12.2. The molecule has 1 heterocycles. The van der Waals surface area contributed by atoms with E-state index in [0.29, 0.717) is 6.42 Å². The Hall–Kier alpha value is -2.20. The summed E-state index contributed by atoms with van der Waals surface area (Å²) in [6.45, 7) is 7.00. The number of rotatable bonds is 7. The predicted octanol–water partition coefficient (Wildman–Crippen LogP) is 0.495. The van der Waals surface area contributed by atoms with Crippen LogP contribution in [0.25, 0.3) is 0 Å². The Balaban J connectivity index is 3.36. The molecule has 6 atom stereocenters. The number of carbonyl (C=O) groups is 4. The minimum absolute atomic E-state index is 0.324. The first-order valence-electron chi connectivity index (χ1n) is 8.51. The number of hydrogen-bond acceptors (Lipinski definition) is 10. The summed E-state index contributed by atoms with van der Waals surface area (Å²) in [5, 5.41) is 0. The van der Waals surface area contributed by atoms with Gasteiger partial charge in [-0.1, -0.05) is 6.92 Å². The maximum absolute atomic E-state index is 12.2. The molecule has 0 N–H and O–H groups in total. The van der Waals surface area contributed by atoms with Crippen molar-refractivity contribution in [3.63, 3.8) is 0 Å². The van der Waals surface area contributed by atoms with Gasteiger partial charge >= 0.3 is 23.9 Å². The van der Waals surface area contributed by atoms with Gasteiger partial charge in [0.25, 0.3) is 0 Å². The van der Waals surface area contributed by atoms with Gasteiger partial charge in [-0.3, -0.25) is 14.4 Å². The molecule has 0 bridgehead atoms. The third-order valence-corrected chi connectivity index (χ3v) is 3.78. The molecule has 1 rings (SSSR count). The van der Waals surface area contributed by atoms with Crippen molar-refractivity contribution in [1.82, 2.24) is 0 Å². The van der Waals surface area contributed by atoms with Crippen LogP contribution in [0, 0.1) is 0 Å². The molecule has 0 aromatic rings. The largest absolute Gasteiger partial charge is 0.467 e. The van der Waals surface area contributed by atoms with Crippen molar-refractivity contribution in [3.8, 4) is 0 Å². The number of esters is 4. The zero-order valence-corrected chi connectivity index (χ0v) is 16.3. The summed E-state index contributed by atoms with van der Waals surface area (Å²) in [7, 11) is 1.13. The van der Waals surface area contributed by atoms with Gasteiger partial charge in [0.1, 0.15) is 0 Å². The standard InChI is InChI=1S/C17H26O10/c1-7-8(2)23-17-15(26-11(5)20)13(25-10(4)19)12(24-9(3)18)14(27-17)16(21)22-6/h8,12-15,17H,7H2,1-6H3/t8-,12?,13?,14?,15?,17?/m1/s1. The Kier molecular flexibility index (Phi) is 8.64. The molecule has 0 saturated carbocycles. The molecule has 0 aliphatic carbocycles. The summed E-state index contributed by atoms with van der Waals surface area (Å²) < 4.78 is 31.6. The van der Waals surface area contributed by atoms with Crippen LogP contribution in [0.15, 0.2) is 0 Å². The average Bonchev–Trinajstić information content (AvgIpc) is 2.57. The molecular formula is C17H26O10. The smallest absolute Gasteiger partial charge is 0.339 e. The molecule has 0 aromatic carbocycles. The molecule has 1 saturated heterocycles. The topological polar surface area (TPSA) is 124 Å². The Morgan fingerprint density at radius 2 is 1.37 bits per heavy atom. The first-order valence-corrected chi connectivity index (χ1v) is 8.51. The second-order valence-electron chi connectivity index (χ2n) is 6.03. The van der Waals surface area contributed by atoms with Gasteiger partial charge in [-0.25, -0.2) is 4.79 Å². The normalized spacial score (nSPS) is 28.6. The van der Waals surface area contributed by atoms with Crippen molar-refractivity contribution in [3.05, 3.63) is 0 Å². The van der Waals surface area contributed by atoms with Crippen LogP contribution in [0.2, 0.25) is 0 Å². The first kappa shape index (κ1) is 22.8. The van der Waals surface area contributed by atoms with Crippen LogP contribution in [0.1, 0.15) is 41.0 Å². The van der Waals surface area contributed by atoms with Crippen molar-refractivity contribution in [2.24, 2.45) is 0 Å². The molecule has 1 aliphatic rings. The van der Waals surface area contributed by atoms with Crippen LogP contribution in [-0.2, 0) is 47.6 Å². The summed E-state index contributed by atoms with van der Waals surface area (Å²) in [6.07, 6.45) is -6.39. The zero-order chi connectivity index (χ0) is 20.7. The molecule has 0 spiro atoms. The van der Waals surface area contributed by atoms with Crippen molar-refractivity contribution in [1.29, 1.82) is 0 Å². The van der Waals surface area contributed by atoms with E-state index in [1.54, 1.807) is 6.92 Å². The van der Waals surface area contributed by atoms with Gasteiger partial charge < -0.3 is 28.4 Å².